The summed E-state index contributed by atoms with van der Waals surface area (Å²) < 4.78 is 21.9. The van der Waals surface area contributed by atoms with Gasteiger partial charge in [-0.15, -0.1) is 0 Å². The number of fused-ring (bicyclic) bond motifs is 17. The van der Waals surface area contributed by atoms with E-state index in [1.54, 1.807) is 0 Å². The molecule has 0 saturated carbocycles. The molecule has 4 nitrogen and oxygen atoms in total. The van der Waals surface area contributed by atoms with Gasteiger partial charge in [0.05, 0.1) is 16.6 Å². The van der Waals surface area contributed by atoms with E-state index in [0.29, 0.717) is 0 Å². The summed E-state index contributed by atoms with van der Waals surface area (Å²) in [6.07, 6.45) is 0. The highest BCUT2D eigenvalue weighted by Crippen LogP contribution is 2.47. The molecule has 0 fully saturated rings. The Bertz CT molecular complexity index is 3100. The van der Waals surface area contributed by atoms with E-state index in [0.717, 1.165) is 88.0 Å². The van der Waals surface area contributed by atoms with Gasteiger partial charge in [-0.25, -0.2) is 0 Å². The van der Waals surface area contributed by atoms with Crippen LogP contribution in [0.15, 0.2) is 141 Å². The number of furan rings is 3. The molecule has 0 atom stereocenters. The fraction of sp³-hybridized carbons (Fsp3) is 0. The number of aromatic nitrogens is 1. The highest BCUT2D eigenvalue weighted by Gasteiger charge is 2.25. The van der Waals surface area contributed by atoms with E-state index >= 15 is 0 Å². The summed E-state index contributed by atoms with van der Waals surface area (Å²) in [6.45, 7) is 0. The van der Waals surface area contributed by atoms with Crippen molar-refractivity contribution in [3.05, 3.63) is 127 Å². The summed E-state index contributed by atoms with van der Waals surface area (Å²) in [5.74, 6) is 0. The van der Waals surface area contributed by atoms with Crippen LogP contribution in [0.3, 0.4) is 0 Å². The van der Waals surface area contributed by atoms with Crippen molar-refractivity contribution in [2.24, 2.45) is 0 Å². The van der Waals surface area contributed by atoms with Gasteiger partial charge < -0.3 is 17.7 Å². The fourth-order valence-electron chi connectivity index (χ4n) is 8.12. The Morgan fingerprint density at radius 1 is 0.304 bits per heavy atom. The molecule has 0 unspecified atom stereocenters. The van der Waals surface area contributed by atoms with Crippen molar-refractivity contribution < 1.29 is 13.3 Å². The third-order valence-corrected chi connectivity index (χ3v) is 10.1. The van der Waals surface area contributed by atoms with Crippen molar-refractivity contribution in [3.8, 4) is 11.1 Å². The van der Waals surface area contributed by atoms with Crippen LogP contribution in [-0.4, -0.2) is 4.40 Å². The summed E-state index contributed by atoms with van der Waals surface area (Å²) in [5.41, 5.74) is 11.0. The number of nitrogens with zero attached hydrogens (tertiary/aromatic N) is 1. The fourth-order valence-corrected chi connectivity index (χ4v) is 8.12. The quantitative estimate of drug-likeness (QED) is 0.192. The number of hydrogen-bond donors (Lipinski definition) is 0. The molecular weight excluding hydrogens is 566 g/mol. The molecule has 7 aromatic carbocycles. The Kier molecular flexibility index (Phi) is 3.96. The lowest BCUT2D eigenvalue weighted by molar-refractivity contribution is 0.668. The standard InChI is InChI=1S/C42H21NO3/c1-5-11-35-24(7-1)29-16-14-27-32-20-23(22-13-18-37-31(19-22)26-9-3-4-10-34(26)44-37)21-33-28-15-17-30-25-8-2-6-12-36(25)46-42(30)40(28)43(38(32)33)39(27)41(29)45-35/h1-21H. The van der Waals surface area contributed by atoms with Gasteiger partial charge in [-0.05, 0) is 65.7 Å². The molecule has 212 valence electrons. The first kappa shape index (κ1) is 23.2. The highest BCUT2D eigenvalue weighted by atomic mass is 16.3. The average molecular weight is 588 g/mol. The summed E-state index contributed by atoms with van der Waals surface area (Å²) in [5, 5.41) is 11.5. The van der Waals surface area contributed by atoms with Crippen LogP contribution in [0.4, 0.5) is 0 Å². The van der Waals surface area contributed by atoms with Crippen LogP contribution in [0, 0.1) is 0 Å². The van der Waals surface area contributed by atoms with Crippen molar-refractivity contribution in [3.63, 3.8) is 0 Å². The predicted molar refractivity (Wildman–Crippen MR) is 188 cm³/mol. The van der Waals surface area contributed by atoms with E-state index in [1.807, 2.05) is 24.3 Å². The molecule has 5 heterocycles. The average Bonchev–Trinajstić information content (AvgIpc) is 3.90. The molecule has 0 spiro atoms. The molecule has 0 saturated heterocycles. The molecule has 0 aliphatic rings. The molecule has 4 heteroatoms. The molecular formula is C42H21NO3. The van der Waals surface area contributed by atoms with Crippen molar-refractivity contribution in [2.45, 2.75) is 0 Å². The molecule has 12 rings (SSSR count). The van der Waals surface area contributed by atoms with Gasteiger partial charge in [0.25, 0.3) is 0 Å². The maximum Gasteiger partial charge on any atom is 0.160 e. The molecule has 0 radical (unpaired) electrons. The minimum Gasteiger partial charge on any atom is -0.456 e. The van der Waals surface area contributed by atoms with Crippen molar-refractivity contribution in [1.29, 1.82) is 0 Å². The molecule has 0 amide bonds. The predicted octanol–water partition coefficient (Wildman–Crippen LogP) is 12.2. The summed E-state index contributed by atoms with van der Waals surface area (Å²) in [6, 6.07) is 45.1. The second-order valence-corrected chi connectivity index (χ2v) is 12.4. The zero-order chi connectivity index (χ0) is 29.7. The van der Waals surface area contributed by atoms with E-state index in [1.165, 1.54) is 27.1 Å². The third kappa shape index (κ3) is 2.69. The molecule has 46 heavy (non-hydrogen) atoms. The Labute approximate surface area is 259 Å². The van der Waals surface area contributed by atoms with Gasteiger partial charge >= 0.3 is 0 Å². The summed E-state index contributed by atoms with van der Waals surface area (Å²) >= 11 is 0. The molecule has 5 aromatic heterocycles. The number of hydrogen-bond acceptors (Lipinski definition) is 3. The SMILES string of the molecule is c1ccc2c(c1)oc1ccc(-c3cc4c5ccc6c7ccccc7oc6c5n5c4c(c3)c3ccc4c6ccccc6oc4c35)cc12. The van der Waals surface area contributed by atoms with E-state index in [9.17, 15) is 0 Å². The van der Waals surface area contributed by atoms with E-state index in [4.69, 9.17) is 13.3 Å². The minimum absolute atomic E-state index is 0.893. The van der Waals surface area contributed by atoms with Crippen molar-refractivity contribution >= 4 is 104 Å². The highest BCUT2D eigenvalue weighted by molar-refractivity contribution is 6.32. The zero-order valence-corrected chi connectivity index (χ0v) is 24.3. The molecule has 0 aliphatic heterocycles. The second kappa shape index (κ2) is 7.87. The summed E-state index contributed by atoms with van der Waals surface area (Å²) in [4.78, 5) is 0. The Morgan fingerprint density at radius 2 is 0.761 bits per heavy atom. The first-order chi connectivity index (χ1) is 22.8. The lowest BCUT2D eigenvalue weighted by Crippen LogP contribution is -1.82. The summed E-state index contributed by atoms with van der Waals surface area (Å²) in [7, 11) is 0. The van der Waals surface area contributed by atoms with Crippen LogP contribution in [0.2, 0.25) is 0 Å². The van der Waals surface area contributed by atoms with E-state index in [2.05, 4.69) is 108 Å². The number of rotatable bonds is 1. The molecule has 0 aliphatic carbocycles. The van der Waals surface area contributed by atoms with Crippen molar-refractivity contribution in [2.75, 3.05) is 0 Å². The first-order valence-electron chi connectivity index (χ1n) is 15.6. The van der Waals surface area contributed by atoms with Crippen LogP contribution in [0.25, 0.3) is 115 Å². The third-order valence-electron chi connectivity index (χ3n) is 10.1. The van der Waals surface area contributed by atoms with Gasteiger partial charge in [0, 0.05) is 53.9 Å². The van der Waals surface area contributed by atoms with Crippen LogP contribution >= 0.6 is 0 Å². The van der Waals surface area contributed by atoms with Gasteiger partial charge in [-0.3, -0.25) is 0 Å². The van der Waals surface area contributed by atoms with Crippen LogP contribution < -0.4 is 0 Å². The maximum absolute atomic E-state index is 6.68. The topological polar surface area (TPSA) is 43.8 Å². The Morgan fingerprint density at radius 3 is 1.35 bits per heavy atom. The van der Waals surface area contributed by atoms with Gasteiger partial charge in [0.1, 0.15) is 22.3 Å². The largest absolute Gasteiger partial charge is 0.456 e. The second-order valence-electron chi connectivity index (χ2n) is 12.4. The zero-order valence-electron chi connectivity index (χ0n) is 24.3. The normalized spacial score (nSPS) is 12.8. The number of para-hydroxylation sites is 3. The van der Waals surface area contributed by atoms with Crippen LogP contribution in [0.1, 0.15) is 0 Å². The van der Waals surface area contributed by atoms with Crippen molar-refractivity contribution in [1.82, 2.24) is 4.40 Å². The van der Waals surface area contributed by atoms with Gasteiger partial charge in [-0.2, -0.15) is 0 Å². The van der Waals surface area contributed by atoms with Crippen LogP contribution in [0.5, 0.6) is 0 Å². The lowest BCUT2D eigenvalue weighted by Gasteiger charge is -2.05. The van der Waals surface area contributed by atoms with E-state index < -0.39 is 0 Å². The van der Waals surface area contributed by atoms with E-state index in [-0.39, 0.29) is 0 Å². The van der Waals surface area contributed by atoms with Gasteiger partial charge in [0.15, 0.2) is 11.2 Å². The lowest BCUT2D eigenvalue weighted by atomic mass is 9.97. The molecule has 0 N–H and O–H groups in total. The van der Waals surface area contributed by atoms with Gasteiger partial charge in [0.2, 0.25) is 0 Å². The first-order valence-corrected chi connectivity index (χ1v) is 15.6. The number of benzene rings is 7. The smallest absolute Gasteiger partial charge is 0.160 e. The Hall–Kier alpha value is -6.26. The maximum atomic E-state index is 6.68. The monoisotopic (exact) mass is 587 g/mol. The molecule has 12 aromatic rings. The van der Waals surface area contributed by atoms with Gasteiger partial charge in [-0.1, -0.05) is 72.8 Å². The Balaban J connectivity index is 1.29. The van der Waals surface area contributed by atoms with Crippen LogP contribution in [-0.2, 0) is 0 Å². The molecule has 0 bridgehead atoms. The minimum atomic E-state index is 0.893.